The summed E-state index contributed by atoms with van der Waals surface area (Å²) in [6, 6.07) is 3.71. The number of benzene rings is 1. The summed E-state index contributed by atoms with van der Waals surface area (Å²) in [5, 5.41) is 2.72. The molecule has 0 atom stereocenters. The number of amides is 1. The summed E-state index contributed by atoms with van der Waals surface area (Å²) >= 11 is 0. The van der Waals surface area contributed by atoms with E-state index in [1.807, 2.05) is 13.8 Å². The predicted molar refractivity (Wildman–Crippen MR) is 75.9 cm³/mol. The van der Waals surface area contributed by atoms with E-state index >= 15 is 0 Å². The molecule has 21 heavy (non-hydrogen) atoms. The number of halogens is 3. The monoisotopic (exact) mass is 303 g/mol. The van der Waals surface area contributed by atoms with Crippen LogP contribution in [-0.2, 0) is 17.5 Å². The summed E-state index contributed by atoms with van der Waals surface area (Å²) < 4.78 is 38.4. The highest BCUT2D eigenvalue weighted by atomic mass is 19.4. The number of carbonyl (C=O) groups excluding carboxylic acids is 1. The summed E-state index contributed by atoms with van der Waals surface area (Å²) in [5.41, 5.74) is 5.17. The first kappa shape index (κ1) is 17.3. The Hall–Kier alpha value is -1.76. The third-order valence-corrected chi connectivity index (χ3v) is 2.89. The lowest BCUT2D eigenvalue weighted by Crippen LogP contribution is -2.38. The fourth-order valence-corrected chi connectivity index (χ4v) is 1.94. The largest absolute Gasteiger partial charge is 0.416 e. The third kappa shape index (κ3) is 4.93. The maximum atomic E-state index is 12.8. The molecular formula is C14H20F3N3O. The number of hydrogen-bond donors (Lipinski definition) is 2. The molecule has 0 spiro atoms. The number of rotatable bonds is 5. The van der Waals surface area contributed by atoms with Crippen molar-refractivity contribution in [3.05, 3.63) is 29.3 Å². The smallest absolute Gasteiger partial charge is 0.365 e. The molecule has 0 fully saturated rings. The van der Waals surface area contributed by atoms with Crippen molar-refractivity contribution >= 4 is 11.6 Å². The fourth-order valence-electron chi connectivity index (χ4n) is 1.94. The number of alkyl halides is 3. The van der Waals surface area contributed by atoms with E-state index in [4.69, 9.17) is 5.73 Å². The number of anilines is 1. The summed E-state index contributed by atoms with van der Waals surface area (Å²) in [6.45, 7) is 3.52. The minimum absolute atomic E-state index is 0.0103. The molecule has 1 aromatic rings. The Balaban J connectivity index is 2.92. The van der Waals surface area contributed by atoms with E-state index in [0.717, 1.165) is 6.07 Å². The molecule has 0 unspecified atom stereocenters. The second-order valence-corrected chi connectivity index (χ2v) is 5.12. The summed E-state index contributed by atoms with van der Waals surface area (Å²) in [4.78, 5) is 13.2. The molecule has 1 aromatic carbocycles. The van der Waals surface area contributed by atoms with E-state index in [9.17, 15) is 18.0 Å². The minimum Gasteiger partial charge on any atom is -0.365 e. The first-order valence-electron chi connectivity index (χ1n) is 6.55. The zero-order chi connectivity index (χ0) is 16.2. The second kappa shape index (κ2) is 6.80. The van der Waals surface area contributed by atoms with Gasteiger partial charge in [0.25, 0.3) is 0 Å². The van der Waals surface area contributed by atoms with Crippen molar-refractivity contribution in [2.75, 3.05) is 18.5 Å². The van der Waals surface area contributed by atoms with Crippen LogP contribution in [0.4, 0.5) is 18.9 Å². The maximum absolute atomic E-state index is 12.8. The lowest BCUT2D eigenvalue weighted by atomic mass is 10.1. The highest BCUT2D eigenvalue weighted by molar-refractivity contribution is 5.81. The molecule has 0 aliphatic heterocycles. The molecular weight excluding hydrogens is 283 g/mol. The van der Waals surface area contributed by atoms with Gasteiger partial charge in [0.1, 0.15) is 0 Å². The molecule has 0 aromatic heterocycles. The average Bonchev–Trinajstić information content (AvgIpc) is 2.35. The highest BCUT2D eigenvalue weighted by Crippen LogP contribution is 2.33. The van der Waals surface area contributed by atoms with Gasteiger partial charge in [0.05, 0.1) is 12.1 Å². The lowest BCUT2D eigenvalue weighted by Gasteiger charge is -2.22. The summed E-state index contributed by atoms with van der Waals surface area (Å²) in [5.74, 6) is -0.193. The van der Waals surface area contributed by atoms with E-state index < -0.39 is 11.7 Å². The third-order valence-electron chi connectivity index (χ3n) is 2.89. The Morgan fingerprint density at radius 2 is 2.00 bits per heavy atom. The zero-order valence-corrected chi connectivity index (χ0v) is 12.3. The zero-order valence-electron chi connectivity index (χ0n) is 12.3. The van der Waals surface area contributed by atoms with Gasteiger partial charge in [0.2, 0.25) is 5.91 Å². The number of likely N-dealkylation sites (N-methyl/N-ethyl adjacent to an activating group) is 1. The molecule has 0 saturated heterocycles. The quantitative estimate of drug-likeness (QED) is 0.876. The molecule has 3 N–H and O–H groups in total. The van der Waals surface area contributed by atoms with Crippen molar-refractivity contribution in [2.45, 2.75) is 32.6 Å². The van der Waals surface area contributed by atoms with E-state index in [1.165, 1.54) is 12.1 Å². The molecule has 0 aliphatic rings. The van der Waals surface area contributed by atoms with Crippen LogP contribution in [0, 0.1) is 0 Å². The molecule has 1 rings (SSSR count). The summed E-state index contributed by atoms with van der Waals surface area (Å²) in [7, 11) is 1.64. The van der Waals surface area contributed by atoms with Crippen LogP contribution in [0.2, 0.25) is 0 Å². The molecule has 0 bridgehead atoms. The normalized spacial score (nSPS) is 11.6. The van der Waals surface area contributed by atoms with Crippen LogP contribution < -0.4 is 16.0 Å². The van der Waals surface area contributed by atoms with Crippen LogP contribution in [0.15, 0.2) is 18.2 Å². The van der Waals surface area contributed by atoms with Crippen LogP contribution in [0.3, 0.4) is 0 Å². The van der Waals surface area contributed by atoms with Crippen molar-refractivity contribution in [3.63, 3.8) is 0 Å². The molecule has 0 heterocycles. The average molecular weight is 303 g/mol. The Bertz CT molecular complexity index is 501. The van der Waals surface area contributed by atoms with Crippen LogP contribution in [-0.4, -0.2) is 25.5 Å². The first-order valence-corrected chi connectivity index (χ1v) is 6.55. The fraction of sp³-hybridized carbons (Fsp3) is 0.500. The van der Waals surface area contributed by atoms with Gasteiger partial charge in [-0.3, -0.25) is 4.79 Å². The van der Waals surface area contributed by atoms with E-state index in [1.54, 1.807) is 11.9 Å². The van der Waals surface area contributed by atoms with Crippen molar-refractivity contribution < 1.29 is 18.0 Å². The Labute approximate surface area is 122 Å². The lowest BCUT2D eigenvalue weighted by molar-refractivity contribution is -0.138. The Kier molecular flexibility index (Phi) is 5.60. The van der Waals surface area contributed by atoms with Gasteiger partial charge in [-0.1, -0.05) is 0 Å². The topological polar surface area (TPSA) is 58.4 Å². The molecule has 1 amide bonds. The van der Waals surface area contributed by atoms with E-state index in [-0.39, 0.29) is 30.6 Å². The number of hydrogen-bond acceptors (Lipinski definition) is 3. The van der Waals surface area contributed by atoms with Gasteiger partial charge < -0.3 is 16.0 Å². The van der Waals surface area contributed by atoms with Crippen molar-refractivity contribution in [1.82, 2.24) is 5.32 Å². The number of nitrogens with zero attached hydrogens (tertiary/aromatic N) is 1. The number of nitrogens with two attached hydrogens (primary N) is 1. The van der Waals surface area contributed by atoms with E-state index in [0.29, 0.717) is 5.69 Å². The number of nitrogens with one attached hydrogen (secondary N) is 1. The van der Waals surface area contributed by atoms with Gasteiger partial charge in [-0.15, -0.1) is 0 Å². The number of carbonyl (C=O) groups is 1. The Morgan fingerprint density at radius 3 is 2.48 bits per heavy atom. The molecule has 0 radical (unpaired) electrons. The van der Waals surface area contributed by atoms with Gasteiger partial charge in [0, 0.05) is 25.3 Å². The SMILES string of the molecule is CC(C)NC(=O)CN(C)c1ccc(C(F)(F)F)c(CN)c1. The van der Waals surface area contributed by atoms with Gasteiger partial charge in [-0.2, -0.15) is 13.2 Å². The predicted octanol–water partition coefficient (Wildman–Crippen LogP) is 2.12. The second-order valence-electron chi connectivity index (χ2n) is 5.12. The minimum atomic E-state index is -4.43. The van der Waals surface area contributed by atoms with Crippen LogP contribution in [0.1, 0.15) is 25.0 Å². The molecule has 0 saturated carbocycles. The van der Waals surface area contributed by atoms with Crippen molar-refractivity contribution in [1.29, 1.82) is 0 Å². The molecule has 0 aliphatic carbocycles. The highest BCUT2D eigenvalue weighted by Gasteiger charge is 2.33. The van der Waals surface area contributed by atoms with Crippen LogP contribution in [0.5, 0.6) is 0 Å². The van der Waals surface area contributed by atoms with Gasteiger partial charge in [0.15, 0.2) is 0 Å². The van der Waals surface area contributed by atoms with Crippen LogP contribution >= 0.6 is 0 Å². The molecule has 118 valence electrons. The van der Waals surface area contributed by atoms with Crippen molar-refractivity contribution in [3.8, 4) is 0 Å². The summed E-state index contributed by atoms with van der Waals surface area (Å²) in [6.07, 6.45) is -4.43. The van der Waals surface area contributed by atoms with Crippen LogP contribution in [0.25, 0.3) is 0 Å². The standard InChI is InChI=1S/C14H20F3N3O/c1-9(2)19-13(21)8-20(3)11-4-5-12(14(15,16)17)10(6-11)7-18/h4-6,9H,7-8,18H2,1-3H3,(H,19,21). The first-order chi connectivity index (χ1) is 9.65. The van der Waals surface area contributed by atoms with Gasteiger partial charge >= 0.3 is 6.18 Å². The van der Waals surface area contributed by atoms with Crippen molar-refractivity contribution in [2.24, 2.45) is 5.73 Å². The van der Waals surface area contributed by atoms with Gasteiger partial charge in [-0.25, -0.2) is 0 Å². The molecule has 4 nitrogen and oxygen atoms in total. The molecule has 7 heteroatoms. The van der Waals surface area contributed by atoms with E-state index in [2.05, 4.69) is 5.32 Å². The maximum Gasteiger partial charge on any atom is 0.416 e. The van der Waals surface area contributed by atoms with Gasteiger partial charge in [-0.05, 0) is 37.6 Å². The Morgan fingerprint density at radius 1 is 1.38 bits per heavy atom.